The first kappa shape index (κ1) is 10.9. The molecule has 1 fully saturated rings. The molecule has 0 bridgehead atoms. The van der Waals surface area contributed by atoms with Crippen molar-refractivity contribution in [3.63, 3.8) is 0 Å². The fourth-order valence-corrected chi connectivity index (χ4v) is 2.46. The van der Waals surface area contributed by atoms with Crippen molar-refractivity contribution >= 4 is 5.69 Å². The fourth-order valence-electron chi connectivity index (χ4n) is 2.46. The van der Waals surface area contributed by atoms with E-state index in [0.29, 0.717) is 6.04 Å². The molecule has 0 spiro atoms. The van der Waals surface area contributed by atoms with Crippen LogP contribution in [-0.4, -0.2) is 40.0 Å². The Bertz CT molecular complexity index is 402. The largest absolute Gasteiger partial charge is 0.491 e. The van der Waals surface area contributed by atoms with Crippen LogP contribution in [0.2, 0.25) is 0 Å². The van der Waals surface area contributed by atoms with Gasteiger partial charge in [-0.15, -0.1) is 0 Å². The van der Waals surface area contributed by atoms with Gasteiger partial charge in [-0.2, -0.15) is 0 Å². The molecule has 1 unspecified atom stereocenters. The second kappa shape index (κ2) is 4.55. The Balaban J connectivity index is 1.84. The molecule has 17 heavy (non-hydrogen) atoms. The van der Waals surface area contributed by atoms with E-state index in [1.54, 1.807) is 0 Å². The van der Waals surface area contributed by atoms with Gasteiger partial charge in [0, 0.05) is 30.4 Å². The standard InChI is InChI=1S/C13H18N2O2/c1-14-12-9-17-13-8-10(2-3-11(12)13)15-4-6-16-7-5-15/h2-3,8,12,14H,4-7,9H2,1H3. The molecule has 2 heterocycles. The van der Waals surface area contributed by atoms with Crippen LogP contribution in [0.5, 0.6) is 5.75 Å². The Labute approximate surface area is 102 Å². The summed E-state index contributed by atoms with van der Waals surface area (Å²) in [4.78, 5) is 2.35. The Kier molecular flexibility index (Phi) is 2.91. The second-order valence-corrected chi connectivity index (χ2v) is 4.47. The van der Waals surface area contributed by atoms with Gasteiger partial charge in [-0.25, -0.2) is 0 Å². The topological polar surface area (TPSA) is 33.7 Å². The summed E-state index contributed by atoms with van der Waals surface area (Å²) in [6, 6.07) is 6.85. The van der Waals surface area contributed by atoms with Gasteiger partial charge in [-0.1, -0.05) is 6.07 Å². The van der Waals surface area contributed by atoms with E-state index in [1.165, 1.54) is 11.3 Å². The van der Waals surface area contributed by atoms with Crippen LogP contribution in [0.1, 0.15) is 11.6 Å². The molecule has 1 aromatic rings. The quantitative estimate of drug-likeness (QED) is 0.833. The van der Waals surface area contributed by atoms with Gasteiger partial charge in [0.15, 0.2) is 0 Å². The van der Waals surface area contributed by atoms with Crippen molar-refractivity contribution in [2.75, 3.05) is 44.9 Å². The zero-order valence-electron chi connectivity index (χ0n) is 10.1. The highest BCUT2D eigenvalue weighted by Crippen LogP contribution is 2.35. The number of hydrogen-bond donors (Lipinski definition) is 1. The lowest BCUT2D eigenvalue weighted by molar-refractivity contribution is 0.122. The number of nitrogens with zero attached hydrogens (tertiary/aromatic N) is 1. The summed E-state index contributed by atoms with van der Waals surface area (Å²) in [6.07, 6.45) is 0. The molecule has 1 aromatic carbocycles. The number of rotatable bonds is 2. The molecule has 4 nitrogen and oxygen atoms in total. The summed E-state index contributed by atoms with van der Waals surface area (Å²) in [7, 11) is 1.97. The van der Waals surface area contributed by atoms with E-state index in [2.05, 4.69) is 28.4 Å². The third-order valence-corrected chi connectivity index (χ3v) is 3.50. The molecular weight excluding hydrogens is 216 g/mol. The lowest BCUT2D eigenvalue weighted by atomic mass is 10.1. The molecule has 1 atom stereocenters. The average Bonchev–Trinajstić information content (AvgIpc) is 2.81. The summed E-state index contributed by atoms with van der Waals surface area (Å²) in [5.41, 5.74) is 2.51. The monoisotopic (exact) mass is 234 g/mol. The lowest BCUT2D eigenvalue weighted by Gasteiger charge is -2.29. The molecule has 0 saturated carbocycles. The van der Waals surface area contributed by atoms with E-state index in [-0.39, 0.29) is 0 Å². The van der Waals surface area contributed by atoms with Crippen molar-refractivity contribution in [3.05, 3.63) is 23.8 Å². The average molecular weight is 234 g/mol. The van der Waals surface area contributed by atoms with Crippen molar-refractivity contribution < 1.29 is 9.47 Å². The minimum atomic E-state index is 0.337. The first-order valence-corrected chi connectivity index (χ1v) is 6.15. The van der Waals surface area contributed by atoms with Gasteiger partial charge in [-0.05, 0) is 13.1 Å². The molecule has 2 aliphatic rings. The first-order valence-electron chi connectivity index (χ1n) is 6.15. The smallest absolute Gasteiger partial charge is 0.126 e. The molecule has 3 rings (SSSR count). The van der Waals surface area contributed by atoms with Crippen LogP contribution in [0.25, 0.3) is 0 Å². The van der Waals surface area contributed by atoms with Gasteiger partial charge < -0.3 is 19.7 Å². The maximum absolute atomic E-state index is 5.71. The second-order valence-electron chi connectivity index (χ2n) is 4.47. The Hall–Kier alpha value is -1.26. The predicted octanol–water partition coefficient (Wildman–Crippen LogP) is 1.18. The van der Waals surface area contributed by atoms with E-state index >= 15 is 0 Å². The number of benzene rings is 1. The van der Waals surface area contributed by atoms with E-state index in [4.69, 9.17) is 9.47 Å². The molecule has 0 aliphatic carbocycles. The Morgan fingerprint density at radius 2 is 2.12 bits per heavy atom. The van der Waals surface area contributed by atoms with Crippen LogP contribution < -0.4 is 15.0 Å². The number of ether oxygens (including phenoxy) is 2. The minimum Gasteiger partial charge on any atom is -0.491 e. The van der Waals surface area contributed by atoms with E-state index in [0.717, 1.165) is 38.7 Å². The number of likely N-dealkylation sites (N-methyl/N-ethyl adjacent to an activating group) is 1. The Morgan fingerprint density at radius 3 is 2.88 bits per heavy atom. The third-order valence-electron chi connectivity index (χ3n) is 3.50. The summed E-state index contributed by atoms with van der Waals surface area (Å²) < 4.78 is 11.1. The van der Waals surface area contributed by atoms with Gasteiger partial charge in [0.2, 0.25) is 0 Å². The zero-order chi connectivity index (χ0) is 11.7. The number of morpholine rings is 1. The maximum Gasteiger partial charge on any atom is 0.126 e. The fraction of sp³-hybridized carbons (Fsp3) is 0.538. The molecule has 1 N–H and O–H groups in total. The first-order chi connectivity index (χ1) is 8.38. The lowest BCUT2D eigenvalue weighted by Crippen LogP contribution is -2.36. The third kappa shape index (κ3) is 1.98. The van der Waals surface area contributed by atoms with Crippen LogP contribution in [0.15, 0.2) is 18.2 Å². The van der Waals surface area contributed by atoms with Gasteiger partial charge >= 0.3 is 0 Å². The Morgan fingerprint density at radius 1 is 1.29 bits per heavy atom. The summed E-state index contributed by atoms with van der Waals surface area (Å²) in [5, 5.41) is 3.26. The molecule has 0 radical (unpaired) electrons. The van der Waals surface area contributed by atoms with E-state index in [9.17, 15) is 0 Å². The highest BCUT2D eigenvalue weighted by molar-refractivity contribution is 5.56. The van der Waals surface area contributed by atoms with Crippen LogP contribution >= 0.6 is 0 Å². The van der Waals surface area contributed by atoms with Crippen LogP contribution in [0, 0.1) is 0 Å². The van der Waals surface area contributed by atoms with Crippen LogP contribution in [-0.2, 0) is 4.74 Å². The van der Waals surface area contributed by atoms with Gasteiger partial charge in [0.25, 0.3) is 0 Å². The normalized spacial score (nSPS) is 23.4. The molecule has 0 aromatic heterocycles. The van der Waals surface area contributed by atoms with Gasteiger partial charge in [0.1, 0.15) is 12.4 Å². The minimum absolute atomic E-state index is 0.337. The van der Waals surface area contributed by atoms with Crippen LogP contribution in [0.3, 0.4) is 0 Å². The van der Waals surface area contributed by atoms with Crippen LogP contribution in [0.4, 0.5) is 5.69 Å². The van der Waals surface area contributed by atoms with Crippen molar-refractivity contribution in [1.82, 2.24) is 5.32 Å². The molecule has 1 saturated heterocycles. The highest BCUT2D eigenvalue weighted by Gasteiger charge is 2.23. The van der Waals surface area contributed by atoms with Gasteiger partial charge in [-0.3, -0.25) is 0 Å². The zero-order valence-corrected chi connectivity index (χ0v) is 10.1. The number of nitrogens with one attached hydrogen (secondary N) is 1. The molecular formula is C13H18N2O2. The number of fused-ring (bicyclic) bond motifs is 1. The highest BCUT2D eigenvalue weighted by atomic mass is 16.5. The summed E-state index contributed by atoms with van der Waals surface area (Å²) in [5.74, 6) is 1.02. The number of hydrogen-bond acceptors (Lipinski definition) is 4. The predicted molar refractivity (Wildman–Crippen MR) is 66.8 cm³/mol. The molecule has 2 aliphatic heterocycles. The van der Waals surface area contributed by atoms with Gasteiger partial charge in [0.05, 0.1) is 19.3 Å². The molecule has 0 amide bonds. The summed E-state index contributed by atoms with van der Waals surface area (Å²) >= 11 is 0. The van der Waals surface area contributed by atoms with E-state index < -0.39 is 0 Å². The SMILES string of the molecule is CNC1COc2cc(N3CCOCC3)ccc21. The van der Waals surface area contributed by atoms with Crippen molar-refractivity contribution in [3.8, 4) is 5.75 Å². The summed E-state index contributed by atoms with van der Waals surface area (Å²) in [6.45, 7) is 4.30. The molecule has 4 heteroatoms. The molecule has 92 valence electrons. The van der Waals surface area contributed by atoms with Crippen molar-refractivity contribution in [1.29, 1.82) is 0 Å². The maximum atomic E-state index is 5.71. The van der Waals surface area contributed by atoms with Crippen molar-refractivity contribution in [2.45, 2.75) is 6.04 Å². The van der Waals surface area contributed by atoms with Crippen molar-refractivity contribution in [2.24, 2.45) is 0 Å². The van der Waals surface area contributed by atoms with E-state index in [1.807, 2.05) is 7.05 Å². The number of anilines is 1.